The monoisotopic (exact) mass is 1600 g/mol. The molecule has 0 spiro atoms. The van der Waals surface area contributed by atoms with Crippen LogP contribution in [0.5, 0.6) is 0 Å². The maximum atomic E-state index is 5.97. The number of thioether (sulfide) groups is 6. The molecule has 0 saturated heterocycles. The van der Waals surface area contributed by atoms with E-state index in [4.69, 9.17) is 29.9 Å². The molecule has 105 heavy (non-hydrogen) atoms. The van der Waals surface area contributed by atoms with Gasteiger partial charge in [0, 0.05) is 0 Å². The summed E-state index contributed by atoms with van der Waals surface area (Å²) in [6.45, 7) is 13.9. The van der Waals surface area contributed by atoms with Crippen molar-refractivity contribution in [3.8, 4) is 0 Å². The lowest BCUT2D eigenvalue weighted by Gasteiger charge is -2.10. The minimum atomic E-state index is 0.861. The largest absolute Gasteiger partial charge is 0.240 e. The molecule has 0 N–H and O–H groups in total. The molecule has 6 aromatic heterocycles. The third kappa shape index (κ3) is 35.2. The summed E-state index contributed by atoms with van der Waals surface area (Å²) < 4.78 is 7.95. The highest BCUT2D eigenvalue weighted by molar-refractivity contribution is 8.04. The highest BCUT2D eigenvalue weighted by atomic mass is 32.2. The summed E-state index contributed by atoms with van der Waals surface area (Å²) in [5, 5.41) is 0. The average Bonchev–Trinajstić information content (AvgIpc) is 1.67. The highest BCUT2D eigenvalue weighted by Crippen LogP contribution is 2.49. The maximum absolute atomic E-state index is 5.97. The third-order valence-corrected chi connectivity index (χ3v) is 33.0. The number of nitrogens with zero attached hydrogens (tertiary/aromatic N) is 6. The SMILES string of the molecule is CCCCCCCCCCCCSc1sc(SCCCCCCCCCCCC)c2nc3c(nc12)c1nc2c(SCCCCCCCCCCCC)sc(SCCCCCCCCCCCC)c2nc1c1nc2c(SCCCCCCCCCCCC)sc(SCCCCCCCCCCCC)c2nc31. The van der Waals surface area contributed by atoms with Gasteiger partial charge in [0.2, 0.25) is 0 Å². The maximum Gasteiger partial charge on any atom is 0.120 e. The second-order valence-corrected chi connectivity index (χ2v) is 42.3. The number of hydrogen-bond acceptors (Lipinski definition) is 15. The van der Waals surface area contributed by atoms with Gasteiger partial charge in [0.05, 0.1) is 25.3 Å². The molecule has 0 aliphatic carbocycles. The van der Waals surface area contributed by atoms with Crippen molar-refractivity contribution in [2.75, 3.05) is 34.5 Å². The molecule has 7 aromatic rings. The van der Waals surface area contributed by atoms with Crippen molar-refractivity contribution in [3.63, 3.8) is 0 Å². The van der Waals surface area contributed by atoms with Crippen molar-refractivity contribution in [3.05, 3.63) is 0 Å². The molecule has 0 bridgehead atoms. The van der Waals surface area contributed by atoms with E-state index in [1.165, 1.54) is 411 Å². The van der Waals surface area contributed by atoms with Crippen molar-refractivity contribution >= 4 is 171 Å². The Morgan fingerprint density at radius 3 is 0.362 bits per heavy atom. The second kappa shape index (κ2) is 59.9. The lowest BCUT2D eigenvalue weighted by atomic mass is 10.1. The molecule has 0 atom stereocenters. The first kappa shape index (κ1) is 91.4. The molecule has 0 amide bonds. The fourth-order valence-electron chi connectivity index (χ4n) is 14.8. The van der Waals surface area contributed by atoms with Crippen molar-refractivity contribution in [1.82, 2.24) is 29.9 Å². The number of aromatic nitrogens is 6. The molecule has 6 nitrogen and oxygen atoms in total. The Labute approximate surface area is 681 Å². The van der Waals surface area contributed by atoms with Gasteiger partial charge in [-0.15, -0.1) is 105 Å². The van der Waals surface area contributed by atoms with Crippen LogP contribution in [0.3, 0.4) is 0 Å². The predicted molar refractivity (Wildman–Crippen MR) is 487 cm³/mol. The van der Waals surface area contributed by atoms with E-state index in [-0.39, 0.29) is 0 Å². The Morgan fingerprint density at radius 2 is 0.248 bits per heavy atom. The summed E-state index contributed by atoms with van der Waals surface area (Å²) in [4.78, 5) is 35.8. The molecule has 6 heterocycles. The first-order valence-corrected chi connectivity index (χ1v) is 53.2. The summed E-state index contributed by atoms with van der Waals surface area (Å²) in [6.07, 6.45) is 81.4. The van der Waals surface area contributed by atoms with Crippen LogP contribution in [0, 0.1) is 0 Å². The van der Waals surface area contributed by atoms with E-state index in [1.807, 2.05) is 105 Å². The number of hydrogen-bond donors (Lipinski definition) is 0. The van der Waals surface area contributed by atoms with E-state index < -0.39 is 0 Å². The molecule has 594 valence electrons. The summed E-state index contributed by atoms with van der Waals surface area (Å²) in [7, 11) is 0. The standard InChI is InChI=1S/C90H150N6S9/c1-7-13-19-25-31-37-43-49-55-61-67-97-85-79-80(86(103-85)98-68-62-56-50-44-38-32-26-20-14-8-2)92-74-73(91-79)75-77(95-82-81(93-75)87(99-69-63-57-51-45-39-33-27-21-15-9-3)104-88(82)100-70-64-58-52-46-40-34-28-22-16-10-4)78-76(74)94-83-84(96-78)90(102-72-66-60-54-48-42-36-30-24-18-12-6)105-89(83)101-71-65-59-53-47-41-35-29-23-17-11-5/h7-72H2,1-6H3. The molecular weight excluding hydrogens is 1450 g/mol. The van der Waals surface area contributed by atoms with E-state index in [9.17, 15) is 0 Å². The first-order chi connectivity index (χ1) is 52.0. The Hall–Kier alpha value is -0.780. The Bertz CT molecular complexity index is 2740. The van der Waals surface area contributed by atoms with Gasteiger partial charge in [-0.2, -0.15) is 0 Å². The molecule has 0 saturated carbocycles. The predicted octanol–water partition coefficient (Wildman–Crippen LogP) is 35.2. The van der Waals surface area contributed by atoms with Gasteiger partial charge in [0.1, 0.15) is 66.2 Å². The number of benzene rings is 1. The van der Waals surface area contributed by atoms with E-state index in [2.05, 4.69) is 41.5 Å². The van der Waals surface area contributed by atoms with Crippen molar-refractivity contribution in [1.29, 1.82) is 0 Å². The molecule has 0 unspecified atom stereocenters. The van der Waals surface area contributed by atoms with Crippen LogP contribution >= 0.6 is 105 Å². The zero-order valence-electron chi connectivity index (χ0n) is 68.0. The lowest BCUT2D eigenvalue weighted by molar-refractivity contribution is 0.563. The smallest absolute Gasteiger partial charge is 0.120 e. The van der Waals surface area contributed by atoms with Crippen LogP contribution in [0.2, 0.25) is 0 Å². The van der Waals surface area contributed by atoms with E-state index >= 15 is 0 Å². The average molecular weight is 1600 g/mol. The van der Waals surface area contributed by atoms with Gasteiger partial charge in [-0.05, 0) is 73.0 Å². The fourth-order valence-corrected chi connectivity index (χ4v) is 26.5. The zero-order valence-corrected chi connectivity index (χ0v) is 75.4. The van der Waals surface area contributed by atoms with Gasteiger partial charge in [-0.3, -0.25) is 0 Å². The number of thiophene rings is 3. The van der Waals surface area contributed by atoms with E-state index in [1.54, 1.807) is 0 Å². The van der Waals surface area contributed by atoms with Crippen LogP contribution in [0.25, 0.3) is 66.2 Å². The van der Waals surface area contributed by atoms with E-state index in [0.717, 1.165) is 101 Å². The molecule has 0 aliphatic heterocycles. The molecule has 7 rings (SSSR count). The van der Waals surface area contributed by atoms with Crippen molar-refractivity contribution in [2.45, 2.75) is 452 Å². The zero-order chi connectivity index (χ0) is 73.7. The lowest BCUT2D eigenvalue weighted by Crippen LogP contribution is -1.99. The van der Waals surface area contributed by atoms with Gasteiger partial charge < -0.3 is 0 Å². The Kier molecular flexibility index (Phi) is 52.1. The highest BCUT2D eigenvalue weighted by Gasteiger charge is 2.27. The Morgan fingerprint density at radius 1 is 0.143 bits per heavy atom. The molecule has 0 aliphatic rings. The van der Waals surface area contributed by atoms with Crippen LogP contribution < -0.4 is 0 Å². The van der Waals surface area contributed by atoms with Crippen LogP contribution in [-0.4, -0.2) is 64.4 Å². The van der Waals surface area contributed by atoms with Gasteiger partial charge in [0.15, 0.2) is 0 Å². The molecule has 1 aromatic carbocycles. The topological polar surface area (TPSA) is 77.3 Å². The van der Waals surface area contributed by atoms with Crippen molar-refractivity contribution in [2.24, 2.45) is 0 Å². The third-order valence-electron chi connectivity index (χ3n) is 21.5. The second-order valence-electron chi connectivity index (χ2n) is 31.1. The first-order valence-electron chi connectivity index (χ1n) is 44.9. The van der Waals surface area contributed by atoms with Gasteiger partial charge in [0.25, 0.3) is 0 Å². The van der Waals surface area contributed by atoms with Crippen LogP contribution in [-0.2, 0) is 0 Å². The quantitative estimate of drug-likeness (QED) is 0.0207. The van der Waals surface area contributed by atoms with E-state index in [0.29, 0.717) is 0 Å². The molecule has 0 fully saturated rings. The van der Waals surface area contributed by atoms with Gasteiger partial charge >= 0.3 is 0 Å². The number of rotatable bonds is 72. The van der Waals surface area contributed by atoms with Crippen LogP contribution in [0.1, 0.15) is 427 Å². The Balaban J connectivity index is 1.28. The summed E-state index contributed by atoms with van der Waals surface area (Å²) >= 11 is 18.2. The minimum absolute atomic E-state index is 0.861. The summed E-state index contributed by atoms with van der Waals surface area (Å²) in [5.41, 5.74) is 11.5. The van der Waals surface area contributed by atoms with Crippen LogP contribution in [0.4, 0.5) is 0 Å². The molecular formula is C90H150N6S9. The van der Waals surface area contributed by atoms with Crippen LogP contribution in [0.15, 0.2) is 25.3 Å². The minimum Gasteiger partial charge on any atom is -0.240 e. The molecule has 15 heteroatoms. The number of unbranched alkanes of at least 4 members (excludes halogenated alkanes) is 54. The number of fused-ring (bicyclic) bond motifs is 9. The normalized spacial score (nSPS) is 12.2. The summed E-state index contributed by atoms with van der Waals surface area (Å²) in [6, 6.07) is 0. The molecule has 0 radical (unpaired) electrons. The fraction of sp³-hybridized carbons (Fsp3) is 0.800. The van der Waals surface area contributed by atoms with Crippen molar-refractivity contribution < 1.29 is 0 Å². The van der Waals surface area contributed by atoms with Gasteiger partial charge in [-0.25, -0.2) is 29.9 Å². The summed E-state index contributed by atoms with van der Waals surface area (Å²) in [5.74, 6) is 6.68. The van der Waals surface area contributed by atoms with Gasteiger partial charge in [-0.1, -0.05) is 388 Å².